The monoisotopic (exact) mass is 1140 g/mol. The Morgan fingerprint density at radius 3 is 1.77 bits per heavy atom. The third kappa shape index (κ3) is 16.5. The summed E-state index contributed by atoms with van der Waals surface area (Å²) in [6.45, 7) is 18.7. The van der Waals surface area contributed by atoms with Gasteiger partial charge in [-0.25, -0.2) is 0 Å². The molecule has 0 N–H and O–H groups in total. The molecule has 2 saturated heterocycles. The normalized spacial score (nSPS) is 24.2. The Kier molecular flexibility index (Phi) is 22.8. The molecule has 9 nitrogen and oxygen atoms in total. The Morgan fingerprint density at radius 1 is 0.610 bits per heavy atom. The molecule has 0 aromatic heterocycles. The molecule has 4 aromatic carbocycles. The van der Waals surface area contributed by atoms with Crippen molar-refractivity contribution in [1.29, 1.82) is 0 Å². The maximum atomic E-state index is 13.9. The van der Waals surface area contributed by atoms with E-state index in [1.807, 2.05) is 24.3 Å². The highest BCUT2D eigenvalue weighted by Gasteiger charge is 2.48. The molecule has 0 amide bonds. The predicted octanol–water partition coefficient (Wildman–Crippen LogP) is 17.5. The summed E-state index contributed by atoms with van der Waals surface area (Å²) in [5.41, 5.74) is 9.64. The number of ether oxygens (including phenoxy) is 6. The van der Waals surface area contributed by atoms with Gasteiger partial charge in [-0.15, -0.1) is 0 Å². The molecule has 2 heterocycles. The van der Waals surface area contributed by atoms with Crippen LogP contribution in [0, 0.1) is 23.7 Å². The number of carbonyl (C=O) groups is 2. The molecule has 10 rings (SSSR count). The zero-order valence-electron chi connectivity index (χ0n) is 51.2. The highest BCUT2D eigenvalue weighted by atomic mass is 28.4. The molecule has 3 unspecified atom stereocenters. The van der Waals surface area contributed by atoms with Gasteiger partial charge in [-0.3, -0.25) is 9.59 Å². The quantitative estimate of drug-likeness (QED) is 0.0450. The van der Waals surface area contributed by atoms with Crippen LogP contribution in [0.3, 0.4) is 0 Å². The number of hydrogen-bond donors (Lipinski definition) is 0. The van der Waals surface area contributed by atoms with Crippen LogP contribution in [-0.4, -0.2) is 57.9 Å². The van der Waals surface area contributed by atoms with Crippen LogP contribution >= 0.6 is 0 Å². The van der Waals surface area contributed by atoms with Gasteiger partial charge in [0.25, 0.3) is 0 Å². The van der Waals surface area contributed by atoms with Crippen LogP contribution < -0.4 is 9.47 Å². The average molecular weight is 1140 g/mol. The van der Waals surface area contributed by atoms with Crippen LogP contribution in [0.2, 0.25) is 18.1 Å². The standard InChI is InChI=1S/C39H56O5Si.C33H44O4/c1-7-8-10-18-30(43-36-21-13-14-24-41-36)22-23-32-34(40)26-29-25-33-31(38(37(29)32)44-45(5,6)39(2,3)4)19-15-20-35(33)42-27-28-16-11-9-12-17-28;1-2-3-5-14-27(37-33-16-8-9-19-35-33)17-18-28-29-20-25-13-10-15-32(30(25)21-26(29)22-31(28)34)36-23-24-11-6-4-7-12-24/h9,11-12,15-17,19-20,29-30,36,38H,7-8,10,13-14,18,21-27H2,1-6H3;4,6-7,10-13,15,26-29,33H,2-3,5,8-9,14,16-23H2,1H3/t29-,30-,36?,38+;26-,27-,28?,29-,33?/m00/s1. The Balaban J connectivity index is 0.000000201. The van der Waals surface area contributed by atoms with E-state index in [-0.39, 0.29) is 47.8 Å². The average Bonchev–Trinajstić information content (AvgIpc) is 3.76. The predicted molar refractivity (Wildman–Crippen MR) is 330 cm³/mol. The fourth-order valence-corrected chi connectivity index (χ4v) is 14.8. The summed E-state index contributed by atoms with van der Waals surface area (Å²) >= 11 is 0. The van der Waals surface area contributed by atoms with E-state index in [0.29, 0.717) is 43.0 Å². The molecule has 82 heavy (non-hydrogen) atoms. The maximum absolute atomic E-state index is 13.9. The Hall–Kier alpha value is -4.42. The number of Topliss-reactive ketones (excluding diaryl/α,β-unsaturated/α-hetero) is 2. The van der Waals surface area contributed by atoms with Gasteiger partial charge in [0.05, 0.1) is 18.3 Å². The number of fused-ring (bicyclic) bond motifs is 4. The molecule has 10 heteroatoms. The minimum absolute atomic E-state index is 0.0447. The van der Waals surface area contributed by atoms with Gasteiger partial charge in [0.1, 0.15) is 30.5 Å². The molecule has 0 radical (unpaired) electrons. The minimum Gasteiger partial charge on any atom is -0.489 e. The van der Waals surface area contributed by atoms with Crippen molar-refractivity contribution >= 4 is 19.9 Å². The summed E-state index contributed by atoms with van der Waals surface area (Å²) < 4.78 is 44.9. The van der Waals surface area contributed by atoms with Gasteiger partial charge in [-0.1, -0.05) is 158 Å². The minimum atomic E-state index is -2.18. The first-order valence-corrected chi connectivity index (χ1v) is 35.3. The number of allylic oxidation sites excluding steroid dienone is 1. The van der Waals surface area contributed by atoms with Crippen LogP contribution in [0.15, 0.2) is 108 Å². The smallest absolute Gasteiger partial charge is 0.193 e. The van der Waals surface area contributed by atoms with E-state index in [0.717, 1.165) is 139 Å². The van der Waals surface area contributed by atoms with Crippen molar-refractivity contribution < 1.29 is 42.4 Å². The van der Waals surface area contributed by atoms with Crippen molar-refractivity contribution in [3.63, 3.8) is 0 Å². The fourth-order valence-electron chi connectivity index (χ4n) is 13.6. The zero-order valence-corrected chi connectivity index (χ0v) is 52.2. The van der Waals surface area contributed by atoms with Gasteiger partial charge in [0, 0.05) is 37.5 Å². The van der Waals surface area contributed by atoms with Crippen molar-refractivity contribution in [2.45, 2.75) is 245 Å². The maximum Gasteiger partial charge on any atom is 0.193 e. The Morgan fingerprint density at radius 2 is 1.20 bits per heavy atom. The van der Waals surface area contributed by atoms with E-state index in [9.17, 15) is 9.59 Å². The molecule has 6 aliphatic rings. The summed E-state index contributed by atoms with van der Waals surface area (Å²) in [5.74, 6) is 3.87. The van der Waals surface area contributed by atoms with Crippen LogP contribution in [0.25, 0.3) is 0 Å². The van der Waals surface area contributed by atoms with Gasteiger partial charge >= 0.3 is 0 Å². The second-order valence-electron chi connectivity index (χ2n) is 26.3. The zero-order chi connectivity index (χ0) is 57.5. The Bertz CT molecular complexity index is 2660. The first-order chi connectivity index (χ1) is 39.8. The Labute approximate surface area is 494 Å². The molecule has 4 aliphatic carbocycles. The number of benzene rings is 4. The summed E-state index contributed by atoms with van der Waals surface area (Å²) in [4.78, 5) is 27.1. The molecule has 3 fully saturated rings. The SMILES string of the molecule is CCCCC[C@@H](CCC1=C2[C@H](CC1=O)Cc1c(OCc3ccccc3)cccc1[C@H]2O[Si](C)(C)C(C)(C)C)OC1CCCCO1.CCCCC[C@@H](CCC1C(=O)C[C@@H]2Cc3c(cccc3OCc3ccccc3)C[C@H]12)OC1CCCCO1. The van der Waals surface area contributed by atoms with E-state index in [1.54, 1.807) is 0 Å². The van der Waals surface area contributed by atoms with E-state index in [1.165, 1.54) is 71.9 Å². The lowest BCUT2D eigenvalue weighted by atomic mass is 9.73. The van der Waals surface area contributed by atoms with E-state index >= 15 is 0 Å². The summed E-state index contributed by atoms with van der Waals surface area (Å²) in [6, 6.07) is 33.5. The van der Waals surface area contributed by atoms with Crippen LogP contribution in [0.5, 0.6) is 11.5 Å². The van der Waals surface area contributed by atoms with E-state index in [2.05, 4.69) is 121 Å². The second-order valence-corrected chi connectivity index (χ2v) is 31.1. The number of unbranched alkanes of at least 4 members (excludes halogenated alkanes) is 4. The first-order valence-electron chi connectivity index (χ1n) is 32.3. The number of ketones is 2. The number of rotatable bonds is 26. The molecule has 0 bridgehead atoms. The second kappa shape index (κ2) is 30.1. The van der Waals surface area contributed by atoms with Crippen LogP contribution in [-0.2, 0) is 65.4 Å². The topological polar surface area (TPSA) is 98.8 Å². The first kappa shape index (κ1) is 62.1. The highest BCUT2D eigenvalue weighted by Crippen LogP contribution is 2.53. The van der Waals surface area contributed by atoms with Gasteiger partial charge < -0.3 is 32.8 Å². The van der Waals surface area contributed by atoms with Crippen LogP contribution in [0.4, 0.5) is 0 Å². The summed E-state index contributed by atoms with van der Waals surface area (Å²) in [5, 5.41) is 0.0447. The van der Waals surface area contributed by atoms with Crippen molar-refractivity contribution in [2.24, 2.45) is 23.7 Å². The van der Waals surface area contributed by atoms with E-state index in [4.69, 9.17) is 32.8 Å². The van der Waals surface area contributed by atoms with E-state index < -0.39 is 8.32 Å². The fraction of sp³-hybridized carbons (Fsp3) is 0.611. The molecule has 4 aromatic rings. The molecule has 9 atom stereocenters. The van der Waals surface area contributed by atoms with Crippen LogP contribution in [0.1, 0.15) is 203 Å². The third-order valence-corrected chi connectivity index (χ3v) is 23.8. The van der Waals surface area contributed by atoms with Crippen molar-refractivity contribution in [3.8, 4) is 11.5 Å². The number of carbonyl (C=O) groups excluding carboxylic acids is 2. The van der Waals surface area contributed by atoms with Crippen molar-refractivity contribution in [2.75, 3.05) is 13.2 Å². The molecule has 1 saturated carbocycles. The summed E-state index contributed by atoms with van der Waals surface area (Å²) in [6.07, 6.45) is 23.3. The van der Waals surface area contributed by atoms with Gasteiger partial charge in [-0.2, -0.15) is 0 Å². The third-order valence-electron chi connectivity index (χ3n) is 19.3. The lowest BCUT2D eigenvalue weighted by Crippen LogP contribution is -2.43. The molecule has 446 valence electrons. The van der Waals surface area contributed by atoms with Crippen molar-refractivity contribution in [1.82, 2.24) is 0 Å². The molecule has 0 spiro atoms. The largest absolute Gasteiger partial charge is 0.489 e. The number of hydrogen-bond acceptors (Lipinski definition) is 9. The van der Waals surface area contributed by atoms with Gasteiger partial charge in [-0.05, 0) is 183 Å². The lowest BCUT2D eigenvalue weighted by Gasteiger charge is -2.43. The van der Waals surface area contributed by atoms with Gasteiger partial charge in [0.15, 0.2) is 26.7 Å². The van der Waals surface area contributed by atoms with Crippen molar-refractivity contribution in [3.05, 3.63) is 142 Å². The lowest BCUT2D eigenvalue weighted by molar-refractivity contribution is -0.191. The highest BCUT2D eigenvalue weighted by molar-refractivity contribution is 6.74. The molecular formula is C72H100O9Si. The molecular weight excluding hydrogens is 1040 g/mol. The summed E-state index contributed by atoms with van der Waals surface area (Å²) in [7, 11) is -2.18. The molecule has 2 aliphatic heterocycles. The van der Waals surface area contributed by atoms with Gasteiger partial charge in [0.2, 0.25) is 0 Å².